The Balaban J connectivity index is 0.869. The van der Waals surface area contributed by atoms with Gasteiger partial charge in [-0.3, -0.25) is 0 Å². The van der Waals surface area contributed by atoms with Crippen molar-refractivity contribution in [3.8, 4) is 44.9 Å². The molecule has 2 aliphatic heterocycles. The van der Waals surface area contributed by atoms with Crippen molar-refractivity contribution >= 4 is 86.7 Å². The number of anilines is 2. The third-order valence-electron chi connectivity index (χ3n) is 19.7. The molecule has 0 amide bonds. The van der Waals surface area contributed by atoms with Crippen molar-refractivity contribution in [2.45, 2.75) is 38.5 Å². The maximum absolute atomic E-state index is 9.07. The van der Waals surface area contributed by atoms with E-state index in [1.165, 1.54) is 64.5 Å². The van der Waals surface area contributed by atoms with Crippen LogP contribution in [-0.2, 0) is 5.41 Å². The molecule has 0 saturated heterocycles. The van der Waals surface area contributed by atoms with Gasteiger partial charge < -0.3 is 9.64 Å². The zero-order valence-electron chi connectivity index (χ0n) is 57.3. The van der Waals surface area contributed by atoms with E-state index < -0.39 is 22.2 Å². The Labute approximate surface area is 557 Å². The second kappa shape index (κ2) is 23.9. The first-order valence-electron chi connectivity index (χ1n) is 34.8. The van der Waals surface area contributed by atoms with Gasteiger partial charge in [0.1, 0.15) is 11.5 Å². The molecule has 2 heterocycles. The van der Waals surface area contributed by atoms with E-state index >= 15 is 0 Å². The van der Waals surface area contributed by atoms with E-state index in [9.17, 15) is 0 Å². The molecule has 5 heteroatoms. The summed E-state index contributed by atoms with van der Waals surface area (Å²) in [7, 11) is -6.31. The second-order valence-electron chi connectivity index (χ2n) is 25.8. The van der Waals surface area contributed by atoms with E-state index in [0.29, 0.717) is 12.0 Å². The number of benzene rings is 13. The largest absolute Gasteiger partial charge is 0.458 e. The fourth-order valence-corrected chi connectivity index (χ4v) is 24.8. The molecule has 2 nitrogen and oxygen atoms in total. The van der Waals surface area contributed by atoms with E-state index in [1.54, 1.807) is 0 Å². The predicted molar refractivity (Wildman–Crippen MR) is 399 cm³/mol. The summed E-state index contributed by atoms with van der Waals surface area (Å²) in [5, 5.41) is 9.67. The van der Waals surface area contributed by atoms with Crippen LogP contribution in [0.3, 0.4) is 0 Å². The van der Waals surface area contributed by atoms with Gasteiger partial charge in [0, 0.05) is 22.9 Å². The molecule has 1 unspecified atom stereocenters. The minimum atomic E-state index is -3.23. The topological polar surface area (TPSA) is 12.5 Å². The first-order chi connectivity index (χ1) is 47.8. The lowest BCUT2D eigenvalue weighted by atomic mass is 9.33. The molecule has 0 radical (unpaired) electrons. The molecule has 13 aromatic rings. The van der Waals surface area contributed by atoms with E-state index in [1.807, 2.05) is 12.1 Å². The number of rotatable bonds is 13. The number of fused-ring (bicyclic) bond motifs is 3. The quantitative estimate of drug-likeness (QED) is 0.0843. The third-order valence-corrected chi connectivity index (χ3v) is 29.2. The van der Waals surface area contributed by atoms with Crippen LogP contribution in [0.1, 0.15) is 51.1 Å². The SMILES string of the molecule is [2H]c1c([2H])c([2H])c(-c2cccc([Si](c3ccccc3)(c3ccccc3)c3ccc(C4C=CC5=C(C4)N(c4ccc(C(C)(C)C)cc4-c4ccccc4)c4cccc6c4B5c4ccc([Si](c5ccccc5)(c5ccccc5)c5cccc(-c7ccccc7)c5)cc4O6)cc3)c2)c([2H])c1[2H]. The molecule has 0 aromatic heterocycles. The van der Waals surface area contributed by atoms with Crippen molar-refractivity contribution in [3.63, 3.8) is 0 Å². The average Bonchev–Trinajstić information content (AvgIpc) is 0.705. The maximum Gasteiger partial charge on any atom is 0.255 e. The highest BCUT2D eigenvalue weighted by Crippen LogP contribution is 2.49. The Bertz CT molecular complexity index is 5150. The normalized spacial score (nSPS) is 15.0. The molecule has 1 aliphatic carbocycles. The van der Waals surface area contributed by atoms with Gasteiger partial charge in [-0.25, -0.2) is 0 Å². The molecular formula is C88H70BNOSi2. The monoisotopic (exact) mass is 1230 g/mol. The molecular weight excluding hydrogens is 1150 g/mol. The average molecular weight is 1230 g/mol. The summed E-state index contributed by atoms with van der Waals surface area (Å²) in [5.41, 5.74) is 14.8. The van der Waals surface area contributed by atoms with Crippen molar-refractivity contribution in [2.24, 2.45) is 0 Å². The van der Waals surface area contributed by atoms with Crippen LogP contribution in [0.15, 0.2) is 363 Å². The summed E-state index contributed by atoms with van der Waals surface area (Å²) in [6.07, 6.45) is 5.59. The molecule has 3 aliphatic rings. The van der Waals surface area contributed by atoms with Crippen molar-refractivity contribution in [2.75, 3.05) is 4.90 Å². The molecule has 0 fully saturated rings. The molecule has 444 valence electrons. The van der Waals surface area contributed by atoms with Gasteiger partial charge >= 0.3 is 0 Å². The molecule has 0 bridgehead atoms. The van der Waals surface area contributed by atoms with Gasteiger partial charge in [0.25, 0.3) is 6.71 Å². The number of ether oxygens (including phenoxy) is 1. The Hall–Kier alpha value is -10.6. The molecule has 1 atom stereocenters. The lowest BCUT2D eigenvalue weighted by Crippen LogP contribution is -2.75. The number of allylic oxidation sites excluding steroid dienone is 4. The summed E-state index contributed by atoms with van der Waals surface area (Å²) in [4.78, 5) is 2.57. The number of nitrogens with zero attached hydrogens (tertiary/aromatic N) is 1. The third kappa shape index (κ3) is 10.0. The highest BCUT2D eigenvalue weighted by molar-refractivity contribution is 7.20. The molecule has 93 heavy (non-hydrogen) atoms. The number of hydrogen-bond donors (Lipinski definition) is 0. The summed E-state index contributed by atoms with van der Waals surface area (Å²) in [5.74, 6) is 1.71. The maximum atomic E-state index is 9.07. The van der Waals surface area contributed by atoms with E-state index in [4.69, 9.17) is 11.6 Å². The Morgan fingerprint density at radius 2 is 0.882 bits per heavy atom. The van der Waals surface area contributed by atoms with Crippen LogP contribution in [0.2, 0.25) is 0 Å². The van der Waals surface area contributed by atoms with Crippen LogP contribution in [0.25, 0.3) is 33.4 Å². The van der Waals surface area contributed by atoms with Gasteiger partial charge in [0.05, 0.1) is 12.5 Å². The lowest BCUT2D eigenvalue weighted by molar-refractivity contribution is 0.487. The molecule has 16 rings (SSSR count). The van der Waals surface area contributed by atoms with Gasteiger partial charge in [-0.2, -0.15) is 0 Å². The van der Waals surface area contributed by atoms with Crippen molar-refractivity contribution in [1.29, 1.82) is 0 Å². The summed E-state index contributed by atoms with van der Waals surface area (Å²) >= 11 is 0. The van der Waals surface area contributed by atoms with Crippen LogP contribution in [0, 0.1) is 0 Å². The van der Waals surface area contributed by atoms with Crippen LogP contribution in [0.5, 0.6) is 11.5 Å². The summed E-state index contributed by atoms with van der Waals surface area (Å²) < 4.78 is 51.4. The van der Waals surface area contributed by atoms with Gasteiger partial charge in [-0.05, 0) is 139 Å². The Kier molecular flexibility index (Phi) is 13.4. The standard InChI is InChI=1S/C88H70BNOSi2/c1-88(2,3)70-51-57-82(79(61-70)66-32-15-6-16-33-66)90-83-46-27-47-85-87(83)89(81-56-54-78(62-86(81)91-85)93(73-40-21-9-22-41-73,74-42-23-10-24-43-74)77-45-26-35-68(59-77)64-30-13-5-14-31-64)80-55-50-69(60-84(80)90)65-48-52-75(53-49-65)92(71-36-17-7-18-37-71,72-38-19-8-20-39-72)76-44-25-34-67(58-76)63-28-11-4-12-29-63/h4-59,61-62,69H,60H2,1-3H3/i4D,11D,12D,28D,29D. The van der Waals surface area contributed by atoms with Gasteiger partial charge in [0.15, 0.2) is 16.1 Å². The number of hydrogen-bond acceptors (Lipinski definition) is 2. The predicted octanol–water partition coefficient (Wildman–Crippen LogP) is 15.1. The van der Waals surface area contributed by atoms with Crippen LogP contribution in [-0.4, -0.2) is 22.9 Å². The fraction of sp³-hybridized carbons (Fsp3) is 0.0682. The van der Waals surface area contributed by atoms with Crippen LogP contribution < -0.4 is 62.1 Å². The fourth-order valence-electron chi connectivity index (χ4n) is 15.3. The highest BCUT2D eigenvalue weighted by Gasteiger charge is 2.48. The van der Waals surface area contributed by atoms with E-state index in [2.05, 4.69) is 335 Å². The van der Waals surface area contributed by atoms with Crippen LogP contribution >= 0.6 is 0 Å². The van der Waals surface area contributed by atoms with Crippen molar-refractivity contribution < 1.29 is 11.6 Å². The first kappa shape index (κ1) is 52.1. The lowest BCUT2D eigenvalue weighted by Gasteiger charge is -2.44. The van der Waals surface area contributed by atoms with Gasteiger partial charge in [-0.15, -0.1) is 0 Å². The summed E-state index contributed by atoms with van der Waals surface area (Å²) in [6, 6.07) is 112. The van der Waals surface area contributed by atoms with Crippen LogP contribution in [0.4, 0.5) is 11.4 Å². The second-order valence-corrected chi connectivity index (χ2v) is 33.5. The molecule has 0 saturated carbocycles. The Morgan fingerprint density at radius 3 is 1.45 bits per heavy atom. The molecule has 13 aromatic carbocycles. The zero-order chi connectivity index (χ0) is 66.9. The minimum Gasteiger partial charge on any atom is -0.458 e. The van der Waals surface area contributed by atoms with Gasteiger partial charge in [-0.1, -0.05) is 342 Å². The zero-order valence-corrected chi connectivity index (χ0v) is 54.3. The Morgan fingerprint density at radius 1 is 0.409 bits per heavy atom. The smallest absolute Gasteiger partial charge is 0.255 e. The van der Waals surface area contributed by atoms with E-state index in [0.717, 1.165) is 55.3 Å². The molecule has 0 N–H and O–H groups in total. The van der Waals surface area contributed by atoms with Crippen molar-refractivity contribution in [3.05, 3.63) is 374 Å². The first-order valence-corrected chi connectivity index (χ1v) is 36.3. The molecule has 0 spiro atoms. The van der Waals surface area contributed by atoms with Crippen molar-refractivity contribution in [1.82, 2.24) is 0 Å². The summed E-state index contributed by atoms with van der Waals surface area (Å²) in [6.45, 7) is 6.73. The minimum absolute atomic E-state index is 0.0160. The van der Waals surface area contributed by atoms with Gasteiger partial charge in [0.2, 0.25) is 0 Å². The highest BCUT2D eigenvalue weighted by atomic mass is 28.3. The van der Waals surface area contributed by atoms with E-state index in [-0.39, 0.29) is 47.8 Å².